The molecule has 164 valence electrons. The van der Waals surface area contributed by atoms with Gasteiger partial charge in [-0.2, -0.15) is 0 Å². The highest BCUT2D eigenvalue weighted by Gasteiger charge is 2.36. The highest BCUT2D eigenvalue weighted by Crippen LogP contribution is 2.19. The molecule has 0 saturated carbocycles. The molecule has 0 aliphatic carbocycles. The molecule has 1 fully saturated rings. The van der Waals surface area contributed by atoms with Gasteiger partial charge in [0.2, 0.25) is 0 Å². The minimum absolute atomic E-state index is 0.0461. The lowest BCUT2D eigenvalue weighted by Crippen LogP contribution is -2.57. The smallest absolute Gasteiger partial charge is 0.410 e. The third kappa shape index (κ3) is 5.64. The molecule has 2 amide bonds. The van der Waals surface area contributed by atoms with Crippen LogP contribution in [-0.4, -0.2) is 72.1 Å². The first kappa shape index (κ1) is 21.9. The van der Waals surface area contributed by atoms with E-state index in [2.05, 4.69) is 20.5 Å². The number of piperazine rings is 1. The van der Waals surface area contributed by atoms with Crippen LogP contribution in [0.1, 0.15) is 50.0 Å². The average molecular weight is 416 g/mol. The normalized spacial score (nSPS) is 18.5. The lowest BCUT2D eigenvalue weighted by atomic mass is 10.1. The summed E-state index contributed by atoms with van der Waals surface area (Å²) in [4.78, 5) is 33.1. The van der Waals surface area contributed by atoms with Gasteiger partial charge in [-0.1, -0.05) is 19.1 Å². The SMILES string of the molecule is CCCNC(=O)c1cccc(CNC2=NCC3CN(C(=O)OC(C)(C)C)CCN23)c1. The largest absolute Gasteiger partial charge is 0.444 e. The third-order valence-electron chi connectivity index (χ3n) is 5.03. The van der Waals surface area contributed by atoms with Crippen LogP contribution in [0.3, 0.4) is 0 Å². The number of amides is 2. The molecule has 0 aromatic heterocycles. The summed E-state index contributed by atoms with van der Waals surface area (Å²) in [7, 11) is 0. The summed E-state index contributed by atoms with van der Waals surface area (Å²) < 4.78 is 5.50. The summed E-state index contributed by atoms with van der Waals surface area (Å²) in [6, 6.07) is 7.80. The zero-order chi connectivity index (χ0) is 21.7. The predicted molar refractivity (Wildman–Crippen MR) is 117 cm³/mol. The third-order valence-corrected chi connectivity index (χ3v) is 5.03. The van der Waals surface area contributed by atoms with Crippen LogP contribution in [0.15, 0.2) is 29.3 Å². The van der Waals surface area contributed by atoms with Crippen molar-refractivity contribution in [3.8, 4) is 0 Å². The number of nitrogens with zero attached hydrogens (tertiary/aromatic N) is 3. The molecule has 0 radical (unpaired) electrons. The van der Waals surface area contributed by atoms with E-state index >= 15 is 0 Å². The van der Waals surface area contributed by atoms with Gasteiger partial charge in [-0.25, -0.2) is 4.79 Å². The molecular weight excluding hydrogens is 382 g/mol. The minimum Gasteiger partial charge on any atom is -0.444 e. The van der Waals surface area contributed by atoms with Crippen LogP contribution in [0, 0.1) is 0 Å². The Morgan fingerprint density at radius 1 is 1.27 bits per heavy atom. The zero-order valence-electron chi connectivity index (χ0n) is 18.4. The average Bonchev–Trinajstić information content (AvgIpc) is 3.11. The van der Waals surface area contributed by atoms with Gasteiger partial charge in [0.15, 0.2) is 5.96 Å². The van der Waals surface area contributed by atoms with Gasteiger partial charge < -0.3 is 25.2 Å². The summed E-state index contributed by atoms with van der Waals surface area (Å²) in [5.41, 5.74) is 1.20. The van der Waals surface area contributed by atoms with Gasteiger partial charge in [-0.3, -0.25) is 9.79 Å². The molecule has 30 heavy (non-hydrogen) atoms. The Labute approximate surface area is 178 Å². The molecule has 1 atom stereocenters. The molecule has 3 rings (SSSR count). The number of carbonyl (C=O) groups excluding carboxylic acids is 2. The number of fused-ring (bicyclic) bond motifs is 1. The number of rotatable bonds is 5. The second kappa shape index (κ2) is 9.36. The van der Waals surface area contributed by atoms with E-state index in [1.165, 1.54) is 0 Å². The summed E-state index contributed by atoms with van der Waals surface area (Å²) >= 11 is 0. The van der Waals surface area contributed by atoms with Crippen molar-refractivity contribution in [2.45, 2.75) is 52.3 Å². The van der Waals surface area contributed by atoms with Gasteiger partial charge >= 0.3 is 6.09 Å². The molecule has 8 nitrogen and oxygen atoms in total. The lowest BCUT2D eigenvalue weighted by molar-refractivity contribution is 0.0137. The highest BCUT2D eigenvalue weighted by atomic mass is 16.6. The van der Waals surface area contributed by atoms with Gasteiger partial charge in [0.1, 0.15) is 5.60 Å². The molecule has 0 spiro atoms. The maximum Gasteiger partial charge on any atom is 0.410 e. The Morgan fingerprint density at radius 2 is 2.07 bits per heavy atom. The van der Waals surface area contributed by atoms with Crippen molar-refractivity contribution < 1.29 is 14.3 Å². The standard InChI is InChI=1S/C22H33N5O3/c1-5-9-23-19(28)17-8-6-7-16(12-17)13-24-20-25-14-18-15-26(10-11-27(18)20)21(29)30-22(2,3)4/h6-8,12,18H,5,9-11,13-15H2,1-4H3,(H,23,28)(H,24,25). The maximum atomic E-state index is 12.3. The van der Waals surface area contributed by atoms with Crippen molar-refractivity contribution in [3.05, 3.63) is 35.4 Å². The number of benzene rings is 1. The van der Waals surface area contributed by atoms with Crippen molar-refractivity contribution in [3.63, 3.8) is 0 Å². The van der Waals surface area contributed by atoms with Gasteiger partial charge in [0.25, 0.3) is 5.91 Å². The highest BCUT2D eigenvalue weighted by molar-refractivity contribution is 5.94. The van der Waals surface area contributed by atoms with Crippen LogP contribution in [0.5, 0.6) is 0 Å². The van der Waals surface area contributed by atoms with Crippen molar-refractivity contribution in [2.75, 3.05) is 32.7 Å². The van der Waals surface area contributed by atoms with Gasteiger partial charge in [0.05, 0.1) is 12.6 Å². The van der Waals surface area contributed by atoms with Crippen LogP contribution in [0.2, 0.25) is 0 Å². The first-order chi connectivity index (χ1) is 14.3. The Balaban J connectivity index is 1.52. The number of nitrogens with one attached hydrogen (secondary N) is 2. The van der Waals surface area contributed by atoms with E-state index in [0.717, 1.165) is 24.5 Å². The molecule has 2 N–H and O–H groups in total. The fourth-order valence-electron chi connectivity index (χ4n) is 3.57. The van der Waals surface area contributed by atoms with E-state index in [4.69, 9.17) is 4.74 Å². The first-order valence-electron chi connectivity index (χ1n) is 10.7. The number of aliphatic imine (C=N–C) groups is 1. The first-order valence-corrected chi connectivity index (χ1v) is 10.7. The van der Waals surface area contributed by atoms with E-state index in [-0.39, 0.29) is 18.0 Å². The second-order valence-corrected chi connectivity index (χ2v) is 8.75. The Hall–Kier alpha value is -2.77. The molecule has 2 heterocycles. The van der Waals surface area contributed by atoms with Gasteiger partial charge in [-0.05, 0) is 44.9 Å². The molecular formula is C22H33N5O3. The Kier molecular flexibility index (Phi) is 6.84. The molecule has 1 aromatic carbocycles. The number of guanidine groups is 1. The fourth-order valence-corrected chi connectivity index (χ4v) is 3.57. The number of hydrogen-bond donors (Lipinski definition) is 2. The number of hydrogen-bond acceptors (Lipinski definition) is 6. The maximum absolute atomic E-state index is 12.3. The molecule has 0 bridgehead atoms. The van der Waals surface area contributed by atoms with E-state index in [1.807, 2.05) is 52.0 Å². The summed E-state index contributed by atoms with van der Waals surface area (Å²) in [6.07, 6.45) is 0.650. The van der Waals surface area contributed by atoms with Crippen LogP contribution in [0.4, 0.5) is 4.79 Å². The van der Waals surface area contributed by atoms with Crippen LogP contribution in [0.25, 0.3) is 0 Å². The quantitative estimate of drug-likeness (QED) is 0.770. The van der Waals surface area contributed by atoms with Crippen LogP contribution in [-0.2, 0) is 11.3 Å². The van der Waals surface area contributed by atoms with Crippen molar-refractivity contribution >= 4 is 18.0 Å². The van der Waals surface area contributed by atoms with Crippen LogP contribution >= 0.6 is 0 Å². The fraction of sp³-hybridized carbons (Fsp3) is 0.591. The van der Waals surface area contributed by atoms with Crippen molar-refractivity contribution in [1.29, 1.82) is 0 Å². The molecule has 8 heteroatoms. The summed E-state index contributed by atoms with van der Waals surface area (Å²) in [5, 5.41) is 6.30. The lowest BCUT2D eigenvalue weighted by Gasteiger charge is -2.39. The van der Waals surface area contributed by atoms with Crippen molar-refractivity contribution in [2.24, 2.45) is 4.99 Å². The van der Waals surface area contributed by atoms with Gasteiger partial charge in [-0.15, -0.1) is 0 Å². The van der Waals surface area contributed by atoms with Gasteiger partial charge in [0, 0.05) is 38.3 Å². The molecule has 1 aromatic rings. The number of carbonyl (C=O) groups is 2. The topological polar surface area (TPSA) is 86.3 Å². The Morgan fingerprint density at radius 3 is 2.80 bits per heavy atom. The molecule has 2 aliphatic rings. The summed E-state index contributed by atoms with van der Waals surface area (Å²) in [6.45, 7) is 11.5. The van der Waals surface area contributed by atoms with Crippen molar-refractivity contribution in [1.82, 2.24) is 20.4 Å². The summed E-state index contributed by atoms with van der Waals surface area (Å²) in [5.74, 6) is 0.805. The van der Waals surface area contributed by atoms with E-state index in [9.17, 15) is 9.59 Å². The predicted octanol–water partition coefficient (Wildman–Crippen LogP) is 2.21. The van der Waals surface area contributed by atoms with E-state index in [1.54, 1.807) is 4.90 Å². The molecule has 1 unspecified atom stereocenters. The molecule has 2 aliphatic heterocycles. The number of ether oxygens (including phenoxy) is 1. The second-order valence-electron chi connectivity index (χ2n) is 8.75. The van der Waals surface area contributed by atoms with E-state index < -0.39 is 5.60 Å². The molecule has 1 saturated heterocycles. The monoisotopic (exact) mass is 415 g/mol. The van der Waals surface area contributed by atoms with E-state index in [0.29, 0.717) is 38.3 Å². The zero-order valence-corrected chi connectivity index (χ0v) is 18.4. The minimum atomic E-state index is -0.491. The Bertz CT molecular complexity index is 802. The van der Waals surface area contributed by atoms with Crippen LogP contribution < -0.4 is 10.6 Å².